The number of benzene rings is 1. The van der Waals surface area contributed by atoms with Crippen LogP contribution in [0.4, 0.5) is 11.4 Å². The summed E-state index contributed by atoms with van der Waals surface area (Å²) in [7, 11) is 0. The third-order valence-corrected chi connectivity index (χ3v) is 3.46. The van der Waals surface area contributed by atoms with Gasteiger partial charge in [0.25, 0.3) is 5.69 Å². The van der Waals surface area contributed by atoms with Gasteiger partial charge in [0, 0.05) is 48.7 Å². The smallest absolute Gasteiger partial charge is 0.278 e. The highest BCUT2D eigenvalue weighted by molar-refractivity contribution is 5.99. The van der Waals surface area contributed by atoms with E-state index in [1.807, 2.05) is 0 Å². The van der Waals surface area contributed by atoms with Gasteiger partial charge in [-0.15, -0.1) is 0 Å². The van der Waals surface area contributed by atoms with Gasteiger partial charge in [-0.3, -0.25) is 15.1 Å². The van der Waals surface area contributed by atoms with Gasteiger partial charge in [-0.2, -0.15) is 0 Å². The molecule has 2 rings (SSSR count). The molecule has 0 fully saturated rings. The van der Waals surface area contributed by atoms with E-state index in [9.17, 15) is 10.1 Å². The molecule has 0 radical (unpaired) electrons. The summed E-state index contributed by atoms with van der Waals surface area (Å²) in [5.41, 5.74) is 0.995. The van der Waals surface area contributed by atoms with Crippen molar-refractivity contribution in [3.05, 3.63) is 40.7 Å². The first-order valence-electron chi connectivity index (χ1n) is 6.95. The Bertz CT molecular complexity index is 643. The number of anilines is 1. The molecule has 0 atom stereocenters. The third-order valence-electron chi connectivity index (χ3n) is 3.46. The van der Waals surface area contributed by atoms with Crippen LogP contribution >= 0.6 is 0 Å². The van der Waals surface area contributed by atoms with Gasteiger partial charge >= 0.3 is 0 Å². The Hall–Kier alpha value is -2.21. The fourth-order valence-electron chi connectivity index (χ4n) is 2.47. The van der Waals surface area contributed by atoms with Crippen LogP contribution in [0.3, 0.4) is 0 Å². The Labute approximate surface area is 123 Å². The summed E-state index contributed by atoms with van der Waals surface area (Å²) >= 11 is 0. The molecule has 0 aliphatic rings. The Balaban J connectivity index is 2.58. The molecular formula is C15H19N3O3. The lowest BCUT2D eigenvalue weighted by Crippen LogP contribution is -2.32. The van der Waals surface area contributed by atoms with E-state index in [0.29, 0.717) is 18.4 Å². The van der Waals surface area contributed by atoms with Crippen LogP contribution in [0.15, 0.2) is 30.6 Å². The molecule has 6 heteroatoms. The van der Waals surface area contributed by atoms with Crippen molar-refractivity contribution in [1.82, 2.24) is 4.98 Å². The number of aliphatic hydroxyl groups is 1. The lowest BCUT2D eigenvalue weighted by atomic mass is 10.1. The standard InChI is InChI=1S/C15H19N3O3/c1-11(2)17(8-3-9-19)14-4-5-15(18(20)21)13-10-16-7-6-12(13)14/h4-7,10-11,19H,3,8-9H2,1-2H3. The van der Waals surface area contributed by atoms with E-state index >= 15 is 0 Å². The molecule has 112 valence electrons. The first-order valence-corrected chi connectivity index (χ1v) is 6.95. The molecule has 0 bridgehead atoms. The van der Waals surface area contributed by atoms with E-state index in [1.54, 1.807) is 18.3 Å². The van der Waals surface area contributed by atoms with Gasteiger partial charge in [0.15, 0.2) is 0 Å². The van der Waals surface area contributed by atoms with Crippen LogP contribution in [-0.4, -0.2) is 34.2 Å². The monoisotopic (exact) mass is 289 g/mol. The number of rotatable bonds is 6. The summed E-state index contributed by atoms with van der Waals surface area (Å²) in [6.07, 6.45) is 3.82. The molecule has 1 aromatic carbocycles. The number of nitrogens with zero attached hydrogens (tertiary/aromatic N) is 3. The maximum Gasteiger partial charge on any atom is 0.278 e. The van der Waals surface area contributed by atoms with Crippen LogP contribution in [0.5, 0.6) is 0 Å². The number of aromatic nitrogens is 1. The third kappa shape index (κ3) is 3.11. The first-order chi connectivity index (χ1) is 10.1. The summed E-state index contributed by atoms with van der Waals surface area (Å²) in [6.45, 7) is 4.94. The van der Waals surface area contributed by atoms with Crippen LogP contribution in [0.1, 0.15) is 20.3 Å². The summed E-state index contributed by atoms with van der Waals surface area (Å²) in [5.74, 6) is 0. The number of aliphatic hydroxyl groups excluding tert-OH is 1. The highest BCUT2D eigenvalue weighted by Gasteiger charge is 2.19. The Kier molecular flexibility index (Phi) is 4.70. The van der Waals surface area contributed by atoms with Crippen LogP contribution in [0, 0.1) is 10.1 Å². The largest absolute Gasteiger partial charge is 0.396 e. The van der Waals surface area contributed by atoms with Crippen molar-refractivity contribution in [2.75, 3.05) is 18.1 Å². The summed E-state index contributed by atoms with van der Waals surface area (Å²) in [4.78, 5) is 16.9. The van der Waals surface area contributed by atoms with Gasteiger partial charge in [0.2, 0.25) is 0 Å². The average molecular weight is 289 g/mol. The molecule has 6 nitrogen and oxygen atoms in total. The molecule has 0 saturated heterocycles. The van der Waals surface area contributed by atoms with Crippen LogP contribution in [0.25, 0.3) is 10.8 Å². The zero-order valence-electron chi connectivity index (χ0n) is 12.2. The number of nitro benzene ring substituents is 1. The van der Waals surface area contributed by atoms with E-state index in [-0.39, 0.29) is 23.3 Å². The number of nitro groups is 1. The van der Waals surface area contributed by atoms with E-state index in [1.165, 1.54) is 12.3 Å². The number of hydrogen-bond donors (Lipinski definition) is 1. The first kappa shape index (κ1) is 15.2. The van der Waals surface area contributed by atoms with E-state index < -0.39 is 0 Å². The molecular weight excluding hydrogens is 270 g/mol. The Morgan fingerprint density at radius 2 is 2.10 bits per heavy atom. The molecule has 2 aromatic rings. The normalized spacial score (nSPS) is 11.0. The predicted molar refractivity (Wildman–Crippen MR) is 82.6 cm³/mol. The lowest BCUT2D eigenvalue weighted by molar-refractivity contribution is -0.383. The Morgan fingerprint density at radius 3 is 2.71 bits per heavy atom. The van der Waals surface area contributed by atoms with Crippen LogP contribution in [-0.2, 0) is 0 Å². The van der Waals surface area contributed by atoms with Crippen molar-refractivity contribution in [2.45, 2.75) is 26.3 Å². The fourth-order valence-corrected chi connectivity index (χ4v) is 2.47. The molecule has 1 aromatic heterocycles. The minimum atomic E-state index is -0.388. The lowest BCUT2D eigenvalue weighted by Gasteiger charge is -2.30. The fraction of sp³-hybridized carbons (Fsp3) is 0.400. The van der Waals surface area contributed by atoms with E-state index in [4.69, 9.17) is 5.11 Å². The van der Waals surface area contributed by atoms with Crippen molar-refractivity contribution in [2.24, 2.45) is 0 Å². The molecule has 1 heterocycles. The molecule has 0 spiro atoms. The van der Waals surface area contributed by atoms with Crippen molar-refractivity contribution >= 4 is 22.1 Å². The van der Waals surface area contributed by atoms with Gasteiger partial charge in [0.05, 0.1) is 10.3 Å². The minimum absolute atomic E-state index is 0.0627. The average Bonchev–Trinajstić information content (AvgIpc) is 2.47. The van der Waals surface area contributed by atoms with Crippen molar-refractivity contribution in [3.63, 3.8) is 0 Å². The predicted octanol–water partition coefficient (Wildman–Crippen LogP) is 2.74. The van der Waals surface area contributed by atoms with E-state index in [2.05, 4.69) is 23.7 Å². The maximum atomic E-state index is 11.1. The topological polar surface area (TPSA) is 79.5 Å². The summed E-state index contributed by atoms with van der Waals surface area (Å²) < 4.78 is 0. The summed E-state index contributed by atoms with van der Waals surface area (Å²) in [6, 6.07) is 5.33. The molecule has 21 heavy (non-hydrogen) atoms. The van der Waals surface area contributed by atoms with Gasteiger partial charge < -0.3 is 10.0 Å². The van der Waals surface area contributed by atoms with Gasteiger partial charge in [-0.25, -0.2) is 0 Å². The minimum Gasteiger partial charge on any atom is -0.396 e. The van der Waals surface area contributed by atoms with Gasteiger partial charge in [0.1, 0.15) is 0 Å². The SMILES string of the molecule is CC(C)N(CCCO)c1ccc([N+](=O)[O-])c2cnccc12. The number of fused-ring (bicyclic) bond motifs is 1. The number of hydrogen-bond acceptors (Lipinski definition) is 5. The van der Waals surface area contributed by atoms with Crippen LogP contribution in [0.2, 0.25) is 0 Å². The Morgan fingerprint density at radius 1 is 1.33 bits per heavy atom. The van der Waals surface area contributed by atoms with Gasteiger partial charge in [-0.1, -0.05) is 0 Å². The maximum absolute atomic E-state index is 11.1. The number of non-ortho nitro benzene ring substituents is 1. The zero-order valence-corrected chi connectivity index (χ0v) is 12.2. The highest BCUT2D eigenvalue weighted by Crippen LogP contribution is 2.33. The van der Waals surface area contributed by atoms with Crippen molar-refractivity contribution < 1.29 is 10.0 Å². The summed E-state index contributed by atoms with van der Waals surface area (Å²) in [5, 5.41) is 21.5. The number of pyridine rings is 1. The second kappa shape index (κ2) is 6.49. The van der Waals surface area contributed by atoms with Crippen molar-refractivity contribution in [1.29, 1.82) is 0 Å². The highest BCUT2D eigenvalue weighted by atomic mass is 16.6. The quantitative estimate of drug-likeness (QED) is 0.653. The molecule has 1 N–H and O–H groups in total. The zero-order chi connectivity index (χ0) is 15.4. The molecule has 0 aliphatic heterocycles. The second-order valence-corrected chi connectivity index (χ2v) is 5.15. The van der Waals surface area contributed by atoms with Gasteiger partial charge in [-0.05, 0) is 32.4 Å². The molecule has 0 unspecified atom stereocenters. The second-order valence-electron chi connectivity index (χ2n) is 5.15. The molecule has 0 saturated carbocycles. The molecule has 0 amide bonds. The molecule has 0 aliphatic carbocycles. The van der Waals surface area contributed by atoms with Crippen LogP contribution < -0.4 is 4.90 Å². The van der Waals surface area contributed by atoms with E-state index in [0.717, 1.165) is 11.1 Å². The van der Waals surface area contributed by atoms with Crippen molar-refractivity contribution in [3.8, 4) is 0 Å².